The fourth-order valence-electron chi connectivity index (χ4n) is 3.26. The summed E-state index contributed by atoms with van der Waals surface area (Å²) in [5, 5.41) is 8.90. The lowest BCUT2D eigenvalue weighted by molar-refractivity contribution is 0.0776. The lowest BCUT2D eigenvalue weighted by Crippen LogP contribution is -2.31. The van der Waals surface area contributed by atoms with Gasteiger partial charge in [-0.2, -0.15) is 10.2 Å². The number of carbonyl (C=O) groups is 1. The lowest BCUT2D eigenvalue weighted by Gasteiger charge is -2.17. The van der Waals surface area contributed by atoms with Crippen LogP contribution in [0.25, 0.3) is 5.69 Å². The van der Waals surface area contributed by atoms with Crippen molar-refractivity contribution in [3.63, 3.8) is 0 Å². The van der Waals surface area contributed by atoms with Gasteiger partial charge in [0, 0.05) is 37.5 Å². The predicted octanol–water partition coefficient (Wildman–Crippen LogP) is 3.12. The van der Waals surface area contributed by atoms with E-state index in [-0.39, 0.29) is 17.2 Å². The molecule has 2 heterocycles. The van der Waals surface area contributed by atoms with Gasteiger partial charge in [0.15, 0.2) is 0 Å². The molecule has 0 unspecified atom stereocenters. The van der Waals surface area contributed by atoms with Crippen LogP contribution in [-0.2, 0) is 13.1 Å². The second-order valence-electron chi connectivity index (χ2n) is 7.19. The summed E-state index contributed by atoms with van der Waals surface area (Å²) >= 11 is 0. The monoisotopic (exact) mass is 393 g/mol. The van der Waals surface area contributed by atoms with E-state index < -0.39 is 0 Å². The fourth-order valence-corrected chi connectivity index (χ4v) is 3.26. The molecule has 0 aliphatic heterocycles. The molecule has 0 aliphatic carbocycles. The van der Waals surface area contributed by atoms with Crippen LogP contribution >= 0.6 is 0 Å². The number of amides is 1. The van der Waals surface area contributed by atoms with Crippen molar-refractivity contribution in [1.29, 1.82) is 0 Å². The van der Waals surface area contributed by atoms with Gasteiger partial charge >= 0.3 is 0 Å². The highest BCUT2D eigenvalue weighted by Crippen LogP contribution is 2.19. The number of para-hydroxylation sites is 1. The second kappa shape index (κ2) is 8.86. The highest BCUT2D eigenvalue weighted by Gasteiger charge is 2.19. The summed E-state index contributed by atoms with van der Waals surface area (Å²) in [6.45, 7) is 6.93. The quantitative estimate of drug-likeness (QED) is 0.618. The Labute approximate surface area is 170 Å². The number of hydrogen-bond donors (Lipinski definition) is 0. The number of benzene rings is 1. The molecule has 0 bridgehead atoms. The molecule has 29 heavy (non-hydrogen) atoms. The topological polar surface area (TPSA) is 73.0 Å². The minimum absolute atomic E-state index is 0.187. The van der Waals surface area contributed by atoms with Crippen molar-refractivity contribution in [1.82, 2.24) is 24.5 Å². The van der Waals surface area contributed by atoms with E-state index in [9.17, 15) is 9.59 Å². The zero-order valence-electron chi connectivity index (χ0n) is 17.4. The summed E-state index contributed by atoms with van der Waals surface area (Å²) in [5.41, 5.74) is 3.95. The van der Waals surface area contributed by atoms with Gasteiger partial charge in [-0.25, -0.2) is 9.36 Å². The number of nitrogens with zero attached hydrogens (tertiary/aromatic N) is 5. The maximum absolute atomic E-state index is 12.9. The van der Waals surface area contributed by atoms with E-state index >= 15 is 0 Å². The van der Waals surface area contributed by atoms with Crippen LogP contribution in [0.1, 0.15) is 47.2 Å². The molecule has 1 amide bonds. The molecule has 3 aromatic rings. The van der Waals surface area contributed by atoms with Crippen LogP contribution in [-0.4, -0.2) is 37.4 Å². The molecule has 0 aliphatic rings. The van der Waals surface area contributed by atoms with E-state index in [1.54, 1.807) is 11.9 Å². The largest absolute Gasteiger partial charge is 0.336 e. The first kappa shape index (κ1) is 20.5. The Hall–Kier alpha value is -3.22. The van der Waals surface area contributed by atoms with Gasteiger partial charge in [0.2, 0.25) is 0 Å². The Morgan fingerprint density at radius 2 is 1.79 bits per heavy atom. The molecule has 0 fully saturated rings. The van der Waals surface area contributed by atoms with Gasteiger partial charge in [0.05, 0.1) is 11.4 Å². The molecular weight excluding hydrogens is 366 g/mol. The first-order valence-corrected chi connectivity index (χ1v) is 9.86. The molecule has 2 aromatic heterocycles. The molecule has 0 atom stereocenters. The van der Waals surface area contributed by atoms with Crippen molar-refractivity contribution in [3.8, 4) is 5.69 Å². The Morgan fingerprint density at radius 3 is 2.48 bits per heavy atom. The Balaban J connectivity index is 1.82. The van der Waals surface area contributed by atoms with Crippen LogP contribution in [0.2, 0.25) is 0 Å². The molecule has 7 heteroatoms. The minimum atomic E-state index is -0.221. The van der Waals surface area contributed by atoms with Crippen molar-refractivity contribution >= 4 is 5.91 Å². The van der Waals surface area contributed by atoms with Crippen molar-refractivity contribution in [2.24, 2.45) is 0 Å². The van der Waals surface area contributed by atoms with E-state index in [4.69, 9.17) is 0 Å². The molecule has 7 nitrogen and oxygen atoms in total. The highest BCUT2D eigenvalue weighted by atomic mass is 16.2. The van der Waals surface area contributed by atoms with Crippen LogP contribution in [0.4, 0.5) is 0 Å². The summed E-state index contributed by atoms with van der Waals surface area (Å²) in [4.78, 5) is 26.5. The third kappa shape index (κ3) is 4.45. The third-order valence-corrected chi connectivity index (χ3v) is 4.99. The summed E-state index contributed by atoms with van der Waals surface area (Å²) in [6.07, 6.45) is 1.80. The maximum atomic E-state index is 12.9. The Bertz CT molecular complexity index is 1050. The van der Waals surface area contributed by atoms with Crippen molar-refractivity contribution < 1.29 is 4.79 Å². The maximum Gasteiger partial charge on any atom is 0.274 e. The van der Waals surface area contributed by atoms with Crippen LogP contribution in [0, 0.1) is 13.8 Å². The third-order valence-electron chi connectivity index (χ3n) is 4.99. The number of unbranched alkanes of at least 4 members (excludes halogenated alkanes) is 1. The van der Waals surface area contributed by atoms with E-state index in [1.165, 1.54) is 16.8 Å². The number of aryl methyl sites for hydroxylation is 2. The fraction of sp³-hybridized carbons (Fsp3) is 0.364. The van der Waals surface area contributed by atoms with E-state index in [2.05, 4.69) is 10.2 Å². The highest BCUT2D eigenvalue weighted by molar-refractivity contribution is 5.91. The average molecular weight is 393 g/mol. The molecule has 0 saturated heterocycles. The van der Waals surface area contributed by atoms with Gasteiger partial charge in [-0.15, -0.1) is 0 Å². The van der Waals surface area contributed by atoms with Crippen LogP contribution < -0.4 is 5.56 Å². The molecule has 1 aromatic carbocycles. The summed E-state index contributed by atoms with van der Waals surface area (Å²) in [6, 6.07) is 12.8. The normalized spacial score (nSPS) is 10.9. The van der Waals surface area contributed by atoms with E-state index in [1.807, 2.05) is 55.8 Å². The number of hydrogen-bond acceptors (Lipinski definition) is 4. The smallest absolute Gasteiger partial charge is 0.274 e. The predicted molar refractivity (Wildman–Crippen MR) is 112 cm³/mol. The number of aromatic nitrogens is 4. The molecule has 3 rings (SSSR count). The summed E-state index contributed by atoms with van der Waals surface area (Å²) in [7, 11) is 1.74. The van der Waals surface area contributed by atoms with Crippen LogP contribution in [0.15, 0.2) is 47.3 Å². The van der Waals surface area contributed by atoms with Crippen molar-refractivity contribution in [3.05, 3.63) is 75.5 Å². The SMILES string of the molecule is CCCCn1nc(C(=O)N(C)Cc2c(C)nn(-c3ccccc3)c2C)ccc1=O. The van der Waals surface area contributed by atoms with Gasteiger partial charge < -0.3 is 4.90 Å². The molecular formula is C22H27N5O2. The van der Waals surface area contributed by atoms with E-state index in [0.717, 1.165) is 35.5 Å². The molecule has 0 radical (unpaired) electrons. The van der Waals surface area contributed by atoms with Gasteiger partial charge in [-0.3, -0.25) is 9.59 Å². The van der Waals surface area contributed by atoms with Gasteiger partial charge in [-0.1, -0.05) is 31.5 Å². The second-order valence-corrected chi connectivity index (χ2v) is 7.19. The molecule has 0 saturated carbocycles. The van der Waals surface area contributed by atoms with E-state index in [0.29, 0.717) is 13.1 Å². The van der Waals surface area contributed by atoms with Crippen molar-refractivity contribution in [2.75, 3.05) is 7.05 Å². The molecule has 152 valence electrons. The summed E-state index contributed by atoms with van der Waals surface area (Å²) in [5.74, 6) is -0.221. The van der Waals surface area contributed by atoms with Gasteiger partial charge in [0.25, 0.3) is 11.5 Å². The first-order chi connectivity index (χ1) is 13.9. The van der Waals surface area contributed by atoms with Crippen LogP contribution in [0.3, 0.4) is 0 Å². The summed E-state index contributed by atoms with van der Waals surface area (Å²) < 4.78 is 3.26. The standard InChI is InChI=1S/C22H27N5O2/c1-5-6-14-26-21(28)13-12-20(24-26)22(29)25(4)15-19-16(2)23-27(17(19)3)18-10-8-7-9-11-18/h7-13H,5-6,14-15H2,1-4H3. The van der Waals surface area contributed by atoms with Crippen LogP contribution in [0.5, 0.6) is 0 Å². The zero-order chi connectivity index (χ0) is 21.0. The zero-order valence-corrected chi connectivity index (χ0v) is 17.4. The van der Waals surface area contributed by atoms with Gasteiger partial charge in [-0.05, 0) is 38.5 Å². The number of rotatable bonds is 7. The van der Waals surface area contributed by atoms with Gasteiger partial charge in [0.1, 0.15) is 5.69 Å². The molecule has 0 N–H and O–H groups in total. The first-order valence-electron chi connectivity index (χ1n) is 9.86. The Kier molecular flexibility index (Phi) is 6.26. The lowest BCUT2D eigenvalue weighted by atomic mass is 10.1. The minimum Gasteiger partial charge on any atom is -0.336 e. The number of carbonyl (C=O) groups excluding carboxylic acids is 1. The molecule has 0 spiro atoms. The van der Waals surface area contributed by atoms with Crippen molar-refractivity contribution in [2.45, 2.75) is 46.7 Å². The Morgan fingerprint density at radius 1 is 1.07 bits per heavy atom. The average Bonchev–Trinajstić information content (AvgIpc) is 3.01.